The van der Waals surface area contributed by atoms with Crippen molar-refractivity contribution in [3.05, 3.63) is 41.0 Å². The second kappa shape index (κ2) is 7.84. The number of nitrogens with one attached hydrogen (secondary N) is 1. The number of esters is 1. The maximum absolute atomic E-state index is 12.1. The number of fused-ring (bicyclic) bond motifs is 1. The number of aryl methyl sites for hydroxylation is 1. The zero-order valence-electron chi connectivity index (χ0n) is 14.5. The van der Waals surface area contributed by atoms with Crippen LogP contribution in [-0.2, 0) is 9.53 Å². The average molecular weight is 387 g/mol. The van der Waals surface area contributed by atoms with Crippen LogP contribution in [-0.4, -0.2) is 28.5 Å². The van der Waals surface area contributed by atoms with Gasteiger partial charge in [0.25, 0.3) is 0 Å². The first kappa shape index (κ1) is 18.3. The summed E-state index contributed by atoms with van der Waals surface area (Å²) in [5.41, 5.74) is 1.58. The first-order valence-corrected chi connectivity index (χ1v) is 9.59. The van der Waals surface area contributed by atoms with E-state index in [1.807, 2.05) is 31.2 Å². The third-order valence-electron chi connectivity index (χ3n) is 3.54. The Hall–Kier alpha value is -2.45. The summed E-state index contributed by atoms with van der Waals surface area (Å²) in [6.07, 6.45) is 1.50. The average Bonchev–Trinajstić information content (AvgIpc) is 2.94. The minimum absolute atomic E-state index is 0.108. The molecule has 0 radical (unpaired) electrons. The number of carbonyl (C=O) groups excluding carboxylic acids is 2. The fraction of sp³-hybridized carbons (Fsp3) is 0.222. The maximum Gasteiger partial charge on any atom is 0.348 e. The van der Waals surface area contributed by atoms with Crippen molar-refractivity contribution in [2.24, 2.45) is 0 Å². The highest BCUT2D eigenvalue weighted by molar-refractivity contribution is 7.99. The van der Waals surface area contributed by atoms with Crippen LogP contribution in [0.3, 0.4) is 0 Å². The van der Waals surface area contributed by atoms with Gasteiger partial charge in [0.1, 0.15) is 21.1 Å². The van der Waals surface area contributed by atoms with E-state index in [9.17, 15) is 9.59 Å². The summed E-state index contributed by atoms with van der Waals surface area (Å²) in [5.74, 6) is -0.438. The lowest BCUT2D eigenvalue weighted by atomic mass is 10.2. The van der Waals surface area contributed by atoms with Gasteiger partial charge in [-0.1, -0.05) is 11.8 Å². The number of rotatable bonds is 5. The van der Waals surface area contributed by atoms with Gasteiger partial charge in [0.05, 0.1) is 6.61 Å². The van der Waals surface area contributed by atoms with Gasteiger partial charge in [-0.3, -0.25) is 4.79 Å². The molecule has 8 heteroatoms. The second-order valence-corrected chi connectivity index (χ2v) is 7.50. The number of hydrogen-bond donors (Lipinski definition) is 1. The Labute approximate surface area is 159 Å². The molecule has 1 amide bonds. The lowest BCUT2D eigenvalue weighted by molar-refractivity contribution is -0.114. The molecule has 6 nitrogen and oxygen atoms in total. The van der Waals surface area contributed by atoms with Crippen molar-refractivity contribution in [3.63, 3.8) is 0 Å². The van der Waals surface area contributed by atoms with Gasteiger partial charge < -0.3 is 10.1 Å². The Morgan fingerprint density at radius 3 is 2.62 bits per heavy atom. The van der Waals surface area contributed by atoms with E-state index in [1.54, 1.807) is 6.92 Å². The number of aromatic nitrogens is 2. The zero-order valence-corrected chi connectivity index (χ0v) is 16.2. The Morgan fingerprint density at radius 2 is 1.96 bits per heavy atom. The fourth-order valence-corrected chi connectivity index (χ4v) is 4.48. The smallest absolute Gasteiger partial charge is 0.348 e. The molecule has 26 heavy (non-hydrogen) atoms. The highest BCUT2D eigenvalue weighted by Crippen LogP contribution is 2.38. The Balaban J connectivity index is 1.93. The lowest BCUT2D eigenvalue weighted by Crippen LogP contribution is -2.05. The van der Waals surface area contributed by atoms with Crippen LogP contribution in [0.2, 0.25) is 0 Å². The van der Waals surface area contributed by atoms with Gasteiger partial charge in [-0.05, 0) is 43.7 Å². The summed E-state index contributed by atoms with van der Waals surface area (Å²) in [6, 6.07) is 7.51. The van der Waals surface area contributed by atoms with Crippen LogP contribution < -0.4 is 5.32 Å². The van der Waals surface area contributed by atoms with Crippen molar-refractivity contribution in [2.45, 2.75) is 30.7 Å². The Bertz CT molecular complexity index is 968. The fourth-order valence-electron chi connectivity index (χ4n) is 2.43. The first-order valence-electron chi connectivity index (χ1n) is 7.96. The number of hydrogen-bond acceptors (Lipinski definition) is 7. The van der Waals surface area contributed by atoms with Crippen LogP contribution in [0.25, 0.3) is 10.2 Å². The van der Waals surface area contributed by atoms with Gasteiger partial charge in [0.15, 0.2) is 0 Å². The molecule has 0 atom stereocenters. The molecule has 0 aliphatic heterocycles. The number of thiophene rings is 1. The van der Waals surface area contributed by atoms with Gasteiger partial charge in [0, 0.05) is 22.9 Å². The van der Waals surface area contributed by atoms with Crippen LogP contribution in [0.15, 0.2) is 40.5 Å². The molecule has 3 rings (SSSR count). The second-order valence-electron chi connectivity index (χ2n) is 5.44. The van der Waals surface area contributed by atoms with Crippen LogP contribution in [0.5, 0.6) is 0 Å². The standard InChI is InChI=1S/C18H17N3O3S2/c1-4-24-18(23)15-10(2)14-16(19-9-20-17(14)26-15)25-13-7-5-12(6-8-13)21-11(3)22/h5-9H,4H2,1-3H3,(H,21,22). The molecule has 3 aromatic rings. The summed E-state index contributed by atoms with van der Waals surface area (Å²) >= 11 is 2.81. The van der Waals surface area contributed by atoms with E-state index >= 15 is 0 Å². The number of anilines is 1. The van der Waals surface area contributed by atoms with E-state index in [0.717, 1.165) is 31.4 Å². The summed E-state index contributed by atoms with van der Waals surface area (Å²) in [5, 5.41) is 4.39. The third kappa shape index (κ3) is 3.86. The van der Waals surface area contributed by atoms with Gasteiger partial charge in [-0.25, -0.2) is 14.8 Å². The number of nitrogens with zero attached hydrogens (tertiary/aromatic N) is 2. The quantitative estimate of drug-likeness (QED) is 0.520. The summed E-state index contributed by atoms with van der Waals surface area (Å²) in [6.45, 7) is 5.48. The molecular formula is C18H17N3O3S2. The van der Waals surface area contributed by atoms with Gasteiger partial charge in [-0.15, -0.1) is 11.3 Å². The molecule has 2 aromatic heterocycles. The first-order chi connectivity index (χ1) is 12.5. The minimum atomic E-state index is -0.330. The number of ether oxygens (including phenoxy) is 1. The highest BCUT2D eigenvalue weighted by atomic mass is 32.2. The maximum atomic E-state index is 12.1. The highest BCUT2D eigenvalue weighted by Gasteiger charge is 2.20. The molecule has 0 saturated heterocycles. The van der Waals surface area contributed by atoms with E-state index in [4.69, 9.17) is 4.74 Å². The molecule has 0 unspecified atom stereocenters. The van der Waals surface area contributed by atoms with Gasteiger partial charge >= 0.3 is 5.97 Å². The molecule has 2 heterocycles. The van der Waals surface area contributed by atoms with Crippen molar-refractivity contribution in [1.29, 1.82) is 0 Å². The Morgan fingerprint density at radius 1 is 1.23 bits per heavy atom. The van der Waals surface area contributed by atoms with Crippen LogP contribution in [0, 0.1) is 6.92 Å². The Kier molecular flexibility index (Phi) is 5.53. The van der Waals surface area contributed by atoms with Gasteiger partial charge in [0.2, 0.25) is 5.91 Å². The van der Waals surface area contributed by atoms with Crippen LogP contribution >= 0.6 is 23.1 Å². The molecule has 0 saturated carbocycles. The molecule has 1 aromatic carbocycles. The summed E-state index contributed by atoms with van der Waals surface area (Å²) in [4.78, 5) is 34.2. The van der Waals surface area contributed by atoms with Crippen LogP contribution in [0.1, 0.15) is 29.1 Å². The molecule has 0 spiro atoms. The number of carbonyl (C=O) groups is 2. The van der Waals surface area contributed by atoms with Crippen molar-refractivity contribution in [1.82, 2.24) is 9.97 Å². The number of benzene rings is 1. The van der Waals surface area contributed by atoms with Crippen LogP contribution in [0.4, 0.5) is 5.69 Å². The van der Waals surface area contributed by atoms with Crippen molar-refractivity contribution < 1.29 is 14.3 Å². The minimum Gasteiger partial charge on any atom is -0.462 e. The van der Waals surface area contributed by atoms with Crippen molar-refractivity contribution in [3.8, 4) is 0 Å². The van der Waals surface area contributed by atoms with E-state index in [1.165, 1.54) is 36.3 Å². The van der Waals surface area contributed by atoms with E-state index < -0.39 is 0 Å². The van der Waals surface area contributed by atoms with E-state index in [0.29, 0.717) is 11.5 Å². The largest absolute Gasteiger partial charge is 0.462 e. The SMILES string of the molecule is CCOC(=O)c1sc2ncnc(Sc3ccc(NC(C)=O)cc3)c2c1C. The normalized spacial score (nSPS) is 10.7. The van der Waals surface area contributed by atoms with Gasteiger partial charge in [-0.2, -0.15) is 0 Å². The molecule has 134 valence electrons. The van der Waals surface area contributed by atoms with Crippen molar-refractivity contribution in [2.75, 3.05) is 11.9 Å². The molecule has 0 aliphatic rings. The predicted molar refractivity (Wildman–Crippen MR) is 103 cm³/mol. The van der Waals surface area contributed by atoms with E-state index in [2.05, 4.69) is 15.3 Å². The summed E-state index contributed by atoms with van der Waals surface area (Å²) < 4.78 is 5.12. The lowest BCUT2D eigenvalue weighted by Gasteiger charge is -2.05. The zero-order chi connectivity index (χ0) is 18.7. The molecule has 0 aliphatic carbocycles. The molecule has 1 N–H and O–H groups in total. The molecular weight excluding hydrogens is 370 g/mol. The monoisotopic (exact) mass is 387 g/mol. The predicted octanol–water partition coefficient (Wildman–Crippen LogP) is 4.29. The topological polar surface area (TPSA) is 81.2 Å². The molecule has 0 bridgehead atoms. The molecule has 0 fully saturated rings. The van der Waals surface area contributed by atoms with E-state index in [-0.39, 0.29) is 11.9 Å². The number of amides is 1. The van der Waals surface area contributed by atoms with Crippen molar-refractivity contribution >= 4 is 50.9 Å². The third-order valence-corrected chi connectivity index (χ3v) is 5.73. The summed E-state index contributed by atoms with van der Waals surface area (Å²) in [7, 11) is 0.